The third-order valence-electron chi connectivity index (χ3n) is 1.34. The van der Waals surface area contributed by atoms with Gasteiger partial charge in [0.15, 0.2) is 5.82 Å². The van der Waals surface area contributed by atoms with Crippen LogP contribution in [0.15, 0.2) is 12.4 Å². The molecule has 1 aromatic heterocycles. The van der Waals surface area contributed by atoms with E-state index in [4.69, 9.17) is 18.0 Å². The van der Waals surface area contributed by atoms with E-state index in [2.05, 4.69) is 9.97 Å². The van der Waals surface area contributed by atoms with E-state index in [0.29, 0.717) is 11.5 Å². The minimum atomic E-state index is 0.270. The maximum atomic E-state index is 5.45. The predicted molar refractivity (Wildman–Crippen MR) is 52.2 cm³/mol. The molecule has 0 radical (unpaired) electrons. The third-order valence-corrected chi connectivity index (χ3v) is 1.53. The topological polar surface area (TPSA) is 55.0 Å². The van der Waals surface area contributed by atoms with Crippen LogP contribution in [-0.2, 0) is 0 Å². The van der Waals surface area contributed by atoms with Gasteiger partial charge in [0, 0.05) is 26.5 Å². The number of thiocarbonyl (C=S) groups is 1. The van der Waals surface area contributed by atoms with Crippen LogP contribution in [0.25, 0.3) is 0 Å². The Morgan fingerprint density at radius 1 is 1.42 bits per heavy atom. The SMILES string of the molecule is CN(C)c1nccnc1C(N)=S. The molecule has 0 fully saturated rings. The molecule has 5 heteroatoms. The van der Waals surface area contributed by atoms with Gasteiger partial charge in [-0.05, 0) is 0 Å². The zero-order valence-electron chi connectivity index (χ0n) is 6.98. The van der Waals surface area contributed by atoms with Crippen LogP contribution in [0.5, 0.6) is 0 Å². The molecule has 0 aromatic carbocycles. The van der Waals surface area contributed by atoms with Crippen molar-refractivity contribution in [3.05, 3.63) is 18.1 Å². The summed E-state index contributed by atoms with van der Waals surface area (Å²) in [6.07, 6.45) is 3.18. The average molecular weight is 182 g/mol. The summed E-state index contributed by atoms with van der Waals surface area (Å²) in [5, 5.41) is 0. The minimum absolute atomic E-state index is 0.270. The minimum Gasteiger partial charge on any atom is -0.388 e. The summed E-state index contributed by atoms with van der Waals surface area (Å²) in [6, 6.07) is 0. The fourth-order valence-electron chi connectivity index (χ4n) is 0.832. The summed E-state index contributed by atoms with van der Waals surface area (Å²) < 4.78 is 0. The van der Waals surface area contributed by atoms with Crippen LogP contribution in [0.2, 0.25) is 0 Å². The van der Waals surface area contributed by atoms with Crippen LogP contribution in [0, 0.1) is 0 Å². The molecule has 0 saturated heterocycles. The largest absolute Gasteiger partial charge is 0.388 e. The van der Waals surface area contributed by atoms with E-state index in [-0.39, 0.29) is 4.99 Å². The molecule has 0 aliphatic heterocycles. The van der Waals surface area contributed by atoms with Crippen LogP contribution in [-0.4, -0.2) is 29.1 Å². The predicted octanol–water partition coefficient (Wildman–Crippen LogP) is 0.177. The normalized spacial score (nSPS) is 9.50. The van der Waals surface area contributed by atoms with Crippen LogP contribution < -0.4 is 10.6 Å². The van der Waals surface area contributed by atoms with Gasteiger partial charge in [0.25, 0.3) is 0 Å². The molecule has 0 bridgehead atoms. The first kappa shape index (κ1) is 8.86. The van der Waals surface area contributed by atoms with Gasteiger partial charge < -0.3 is 10.6 Å². The van der Waals surface area contributed by atoms with Gasteiger partial charge in [-0.1, -0.05) is 12.2 Å². The monoisotopic (exact) mass is 182 g/mol. The molecule has 64 valence electrons. The van der Waals surface area contributed by atoms with Crippen molar-refractivity contribution >= 4 is 23.0 Å². The molecule has 0 amide bonds. The van der Waals surface area contributed by atoms with Crippen molar-refractivity contribution in [3.63, 3.8) is 0 Å². The molecule has 0 saturated carbocycles. The highest BCUT2D eigenvalue weighted by Crippen LogP contribution is 2.10. The van der Waals surface area contributed by atoms with Crippen LogP contribution in [0.4, 0.5) is 5.82 Å². The number of hydrogen-bond acceptors (Lipinski definition) is 4. The number of nitrogens with zero attached hydrogens (tertiary/aromatic N) is 3. The smallest absolute Gasteiger partial charge is 0.157 e. The quantitative estimate of drug-likeness (QED) is 0.661. The van der Waals surface area contributed by atoms with Gasteiger partial charge in [0.05, 0.1) is 0 Å². The highest BCUT2D eigenvalue weighted by atomic mass is 32.1. The molecule has 1 aromatic rings. The molecular formula is C7H10N4S. The first-order valence-electron chi connectivity index (χ1n) is 3.41. The lowest BCUT2D eigenvalue weighted by Gasteiger charge is -2.13. The number of nitrogens with two attached hydrogens (primary N) is 1. The Labute approximate surface area is 76.4 Å². The van der Waals surface area contributed by atoms with E-state index < -0.39 is 0 Å². The number of aromatic nitrogens is 2. The van der Waals surface area contributed by atoms with E-state index in [0.717, 1.165) is 0 Å². The van der Waals surface area contributed by atoms with Crippen molar-refractivity contribution in [1.29, 1.82) is 0 Å². The Balaban J connectivity index is 3.17. The van der Waals surface area contributed by atoms with Crippen molar-refractivity contribution < 1.29 is 0 Å². The summed E-state index contributed by atoms with van der Waals surface area (Å²) in [4.78, 5) is 10.2. The summed E-state index contributed by atoms with van der Waals surface area (Å²) in [5.41, 5.74) is 6.02. The molecule has 0 aliphatic carbocycles. The van der Waals surface area contributed by atoms with Crippen molar-refractivity contribution in [2.45, 2.75) is 0 Å². The molecular weight excluding hydrogens is 172 g/mol. The third kappa shape index (κ3) is 1.68. The zero-order chi connectivity index (χ0) is 9.14. The second kappa shape index (κ2) is 3.44. The van der Waals surface area contributed by atoms with Crippen molar-refractivity contribution in [1.82, 2.24) is 9.97 Å². The zero-order valence-corrected chi connectivity index (χ0v) is 7.80. The van der Waals surface area contributed by atoms with Crippen LogP contribution in [0.1, 0.15) is 5.69 Å². The van der Waals surface area contributed by atoms with Gasteiger partial charge in [-0.3, -0.25) is 0 Å². The van der Waals surface area contributed by atoms with Gasteiger partial charge in [0.2, 0.25) is 0 Å². The Morgan fingerprint density at radius 3 is 2.42 bits per heavy atom. The molecule has 1 heterocycles. The second-order valence-corrected chi connectivity index (χ2v) is 2.93. The van der Waals surface area contributed by atoms with Gasteiger partial charge in [0.1, 0.15) is 10.7 Å². The molecule has 0 aliphatic rings. The first-order chi connectivity index (χ1) is 5.63. The van der Waals surface area contributed by atoms with Gasteiger partial charge in [-0.2, -0.15) is 0 Å². The molecule has 4 nitrogen and oxygen atoms in total. The average Bonchev–Trinajstić information content (AvgIpc) is 2.04. The second-order valence-electron chi connectivity index (χ2n) is 2.49. The summed E-state index contributed by atoms with van der Waals surface area (Å²) in [6.45, 7) is 0. The molecule has 0 atom stereocenters. The Kier molecular flexibility index (Phi) is 2.54. The number of rotatable bonds is 2. The number of anilines is 1. The van der Waals surface area contributed by atoms with Crippen molar-refractivity contribution in [2.24, 2.45) is 5.73 Å². The van der Waals surface area contributed by atoms with Gasteiger partial charge in [-0.25, -0.2) is 9.97 Å². The van der Waals surface area contributed by atoms with E-state index in [9.17, 15) is 0 Å². The van der Waals surface area contributed by atoms with Gasteiger partial charge >= 0.3 is 0 Å². The summed E-state index contributed by atoms with van der Waals surface area (Å²) >= 11 is 4.82. The molecule has 0 spiro atoms. The summed E-state index contributed by atoms with van der Waals surface area (Å²) in [5.74, 6) is 0.699. The van der Waals surface area contributed by atoms with Crippen molar-refractivity contribution in [3.8, 4) is 0 Å². The Bertz CT molecular complexity index is 297. The van der Waals surface area contributed by atoms with E-state index in [1.54, 1.807) is 12.4 Å². The van der Waals surface area contributed by atoms with Crippen LogP contribution >= 0.6 is 12.2 Å². The molecule has 1 rings (SSSR count). The van der Waals surface area contributed by atoms with Crippen molar-refractivity contribution in [2.75, 3.05) is 19.0 Å². The lowest BCUT2D eigenvalue weighted by molar-refractivity contribution is 1.03. The maximum Gasteiger partial charge on any atom is 0.157 e. The van der Waals surface area contributed by atoms with Gasteiger partial charge in [-0.15, -0.1) is 0 Å². The highest BCUT2D eigenvalue weighted by molar-refractivity contribution is 7.80. The molecule has 2 N–H and O–H groups in total. The highest BCUT2D eigenvalue weighted by Gasteiger charge is 2.08. The Morgan fingerprint density at radius 2 is 2.00 bits per heavy atom. The Hall–Kier alpha value is -1.23. The summed E-state index contributed by atoms with van der Waals surface area (Å²) in [7, 11) is 3.73. The van der Waals surface area contributed by atoms with E-state index in [1.165, 1.54) is 0 Å². The number of hydrogen-bond donors (Lipinski definition) is 1. The fourth-order valence-corrected chi connectivity index (χ4v) is 0.976. The standard InChI is InChI=1S/C7H10N4S/c1-11(2)7-5(6(8)12)9-3-4-10-7/h3-4H,1-2H3,(H2,8,12). The lowest BCUT2D eigenvalue weighted by atomic mass is 10.4. The molecule has 0 unspecified atom stereocenters. The van der Waals surface area contributed by atoms with E-state index >= 15 is 0 Å². The first-order valence-corrected chi connectivity index (χ1v) is 3.82. The fraction of sp³-hybridized carbons (Fsp3) is 0.286. The maximum absolute atomic E-state index is 5.45. The lowest BCUT2D eigenvalue weighted by Crippen LogP contribution is -2.20. The van der Waals surface area contributed by atoms with E-state index in [1.807, 2.05) is 19.0 Å². The molecule has 12 heavy (non-hydrogen) atoms. The van der Waals surface area contributed by atoms with Crippen LogP contribution in [0.3, 0.4) is 0 Å².